The van der Waals surface area contributed by atoms with Crippen molar-refractivity contribution in [1.29, 1.82) is 0 Å². The average molecular weight is 592 g/mol. The molecule has 40 heavy (non-hydrogen) atoms. The quantitative estimate of drug-likeness (QED) is 0.432. The molecule has 13 heteroatoms. The van der Waals surface area contributed by atoms with Gasteiger partial charge in [0.25, 0.3) is 5.91 Å². The molecule has 8 nitrogen and oxygen atoms in total. The third kappa shape index (κ3) is 4.88. The Labute approximate surface area is 233 Å². The molecule has 0 atom stereocenters. The number of amides is 1. The zero-order valence-corrected chi connectivity index (χ0v) is 23.4. The van der Waals surface area contributed by atoms with Crippen molar-refractivity contribution in [3.63, 3.8) is 0 Å². The van der Waals surface area contributed by atoms with Crippen molar-refractivity contribution in [3.8, 4) is 10.6 Å². The fourth-order valence-electron chi connectivity index (χ4n) is 5.43. The summed E-state index contributed by atoms with van der Waals surface area (Å²) in [6.45, 7) is 3.65. The largest absolute Gasteiger partial charge is 0.420 e. The Balaban J connectivity index is 1.43. The van der Waals surface area contributed by atoms with Crippen molar-refractivity contribution in [2.45, 2.75) is 62.7 Å². The number of halogens is 3. The van der Waals surface area contributed by atoms with Crippen molar-refractivity contribution in [2.24, 2.45) is 0 Å². The van der Waals surface area contributed by atoms with Gasteiger partial charge in [-0.2, -0.15) is 13.2 Å². The molecule has 0 saturated heterocycles. The molecular weight excluding hydrogens is 563 g/mol. The molecular formula is C27H28F3N5O3S2. The van der Waals surface area contributed by atoms with E-state index in [0.29, 0.717) is 24.8 Å². The number of hydrogen-bond donors (Lipinski definition) is 2. The number of benzene rings is 1. The molecule has 3 aromatic rings. The van der Waals surface area contributed by atoms with E-state index < -0.39 is 33.2 Å². The number of nitrogens with zero attached hydrogens (tertiary/aromatic N) is 3. The lowest BCUT2D eigenvalue weighted by atomic mass is 9.91. The summed E-state index contributed by atoms with van der Waals surface area (Å²) in [5.74, 6) is -0.766. The summed E-state index contributed by atoms with van der Waals surface area (Å²) in [5, 5.41) is 6.41. The molecule has 2 N–H and O–H groups in total. The molecule has 6 rings (SSSR count). The first-order chi connectivity index (χ1) is 19.0. The summed E-state index contributed by atoms with van der Waals surface area (Å²) in [5.41, 5.74) is 2.46. The number of aromatic nitrogens is 2. The number of anilines is 2. The maximum absolute atomic E-state index is 14.1. The summed E-state index contributed by atoms with van der Waals surface area (Å²) in [4.78, 5) is 22.8. The van der Waals surface area contributed by atoms with Crippen molar-refractivity contribution in [3.05, 3.63) is 51.5 Å². The molecule has 2 aliphatic heterocycles. The van der Waals surface area contributed by atoms with E-state index >= 15 is 0 Å². The van der Waals surface area contributed by atoms with E-state index in [1.54, 1.807) is 4.90 Å². The lowest BCUT2D eigenvalue weighted by Gasteiger charge is -2.36. The number of carbonyl (C=O) groups excluding carboxylic acids is 1. The van der Waals surface area contributed by atoms with Gasteiger partial charge >= 0.3 is 6.18 Å². The molecule has 212 valence electrons. The Bertz CT molecular complexity index is 1600. The van der Waals surface area contributed by atoms with Crippen LogP contribution in [-0.2, 0) is 35.4 Å². The van der Waals surface area contributed by atoms with Gasteiger partial charge in [0.2, 0.25) is 5.95 Å². The van der Waals surface area contributed by atoms with Crippen LogP contribution in [0.25, 0.3) is 10.6 Å². The SMILES string of the molecule is CCc1cc2c(cc1Nc1ncc(C(F)(F)F)c(-c3cc4c(s3)C(=O)N(C3CCC3)CCS4(=O)=O)n1)CNCC2. The van der Waals surface area contributed by atoms with E-state index in [0.717, 1.165) is 54.7 Å². The smallest absolute Gasteiger partial charge is 0.334 e. The minimum atomic E-state index is -4.79. The first-order valence-corrected chi connectivity index (χ1v) is 15.8. The van der Waals surface area contributed by atoms with Crippen LogP contribution >= 0.6 is 11.3 Å². The van der Waals surface area contributed by atoms with Crippen molar-refractivity contribution < 1.29 is 26.4 Å². The van der Waals surface area contributed by atoms with E-state index in [4.69, 9.17) is 0 Å². The summed E-state index contributed by atoms with van der Waals surface area (Å²) < 4.78 is 68.5. The monoisotopic (exact) mass is 591 g/mol. The number of alkyl halides is 3. The van der Waals surface area contributed by atoms with Crippen LogP contribution in [0.15, 0.2) is 29.3 Å². The fourth-order valence-corrected chi connectivity index (χ4v) is 8.35. The Kier molecular flexibility index (Phi) is 6.86. The number of rotatable bonds is 5. The minimum absolute atomic E-state index is 0.0412. The van der Waals surface area contributed by atoms with E-state index in [9.17, 15) is 26.4 Å². The van der Waals surface area contributed by atoms with Gasteiger partial charge in [-0.15, -0.1) is 11.3 Å². The number of carbonyl (C=O) groups is 1. The first kappa shape index (κ1) is 27.2. The lowest BCUT2D eigenvalue weighted by molar-refractivity contribution is -0.137. The zero-order valence-electron chi connectivity index (χ0n) is 21.8. The number of thiophene rings is 1. The Morgan fingerprint density at radius 3 is 2.70 bits per heavy atom. The standard InChI is InChI=1S/C27H28F3N5O3S2/c1-2-15-10-16-6-7-31-13-17(16)11-20(15)33-26-32-14-19(27(28,29)30)23(34-26)21-12-22-24(39-21)25(36)35(18-4-3-5-18)8-9-40(22,37)38/h10-12,14,18,31H,2-9,13H2,1H3,(H,32,33,34). The Morgan fingerprint density at radius 1 is 1.20 bits per heavy atom. The molecule has 1 amide bonds. The zero-order chi connectivity index (χ0) is 28.2. The fraction of sp³-hybridized carbons (Fsp3) is 0.444. The van der Waals surface area contributed by atoms with Gasteiger partial charge in [0, 0.05) is 31.0 Å². The third-order valence-electron chi connectivity index (χ3n) is 7.87. The van der Waals surface area contributed by atoms with Gasteiger partial charge in [-0.25, -0.2) is 18.4 Å². The molecule has 1 aromatic carbocycles. The van der Waals surface area contributed by atoms with E-state index in [2.05, 4.69) is 26.7 Å². The molecule has 1 aliphatic carbocycles. The van der Waals surface area contributed by atoms with Gasteiger partial charge in [-0.3, -0.25) is 4.79 Å². The van der Waals surface area contributed by atoms with Crippen LogP contribution in [0, 0.1) is 0 Å². The highest BCUT2D eigenvalue weighted by Gasteiger charge is 2.40. The van der Waals surface area contributed by atoms with Gasteiger partial charge in [-0.1, -0.05) is 13.0 Å². The molecule has 0 radical (unpaired) electrons. The summed E-state index contributed by atoms with van der Waals surface area (Å²) in [6, 6.07) is 5.19. The van der Waals surface area contributed by atoms with Gasteiger partial charge in [-0.05, 0) is 67.5 Å². The third-order valence-corrected chi connectivity index (χ3v) is 10.8. The van der Waals surface area contributed by atoms with Gasteiger partial charge in [0.05, 0.1) is 21.2 Å². The molecule has 1 fully saturated rings. The maximum atomic E-state index is 14.1. The van der Waals surface area contributed by atoms with Crippen LogP contribution in [0.3, 0.4) is 0 Å². The average Bonchev–Trinajstić information content (AvgIpc) is 3.32. The van der Waals surface area contributed by atoms with Crippen LogP contribution in [0.1, 0.15) is 58.1 Å². The topological polar surface area (TPSA) is 104 Å². The number of hydrogen-bond acceptors (Lipinski definition) is 8. The predicted octanol–water partition coefficient (Wildman–Crippen LogP) is 4.96. The van der Waals surface area contributed by atoms with E-state index in [1.165, 1.54) is 11.6 Å². The highest BCUT2D eigenvalue weighted by atomic mass is 32.2. The number of nitrogens with one attached hydrogen (secondary N) is 2. The Morgan fingerprint density at radius 2 is 2.00 bits per heavy atom. The summed E-state index contributed by atoms with van der Waals surface area (Å²) >= 11 is 0.743. The normalized spacial score (nSPS) is 19.0. The minimum Gasteiger partial charge on any atom is -0.334 e. The van der Waals surface area contributed by atoms with Gasteiger partial charge in [0.1, 0.15) is 10.4 Å². The van der Waals surface area contributed by atoms with Crippen LogP contribution < -0.4 is 10.6 Å². The second kappa shape index (κ2) is 10.1. The molecule has 0 bridgehead atoms. The van der Waals surface area contributed by atoms with Crippen LogP contribution in [0.4, 0.5) is 24.8 Å². The van der Waals surface area contributed by atoms with Crippen LogP contribution in [-0.4, -0.2) is 54.1 Å². The van der Waals surface area contributed by atoms with Gasteiger partial charge < -0.3 is 15.5 Å². The predicted molar refractivity (Wildman–Crippen MR) is 146 cm³/mol. The van der Waals surface area contributed by atoms with Gasteiger partial charge in [0.15, 0.2) is 9.84 Å². The highest BCUT2D eigenvalue weighted by Crippen LogP contribution is 2.43. The molecule has 0 spiro atoms. The van der Waals surface area contributed by atoms with Crippen molar-refractivity contribution >= 4 is 38.7 Å². The highest BCUT2D eigenvalue weighted by molar-refractivity contribution is 7.91. The first-order valence-electron chi connectivity index (χ1n) is 13.3. The molecule has 1 saturated carbocycles. The molecule has 3 aliphatic rings. The van der Waals surface area contributed by atoms with Crippen molar-refractivity contribution in [1.82, 2.24) is 20.2 Å². The Hall–Kier alpha value is -3.03. The second-order valence-corrected chi connectivity index (χ2v) is 13.5. The summed E-state index contributed by atoms with van der Waals surface area (Å²) in [6.07, 6.45) is 0.0439. The molecule has 0 unspecified atom stereocenters. The number of fused-ring (bicyclic) bond motifs is 2. The van der Waals surface area contributed by atoms with Crippen LogP contribution in [0.2, 0.25) is 0 Å². The van der Waals surface area contributed by atoms with E-state index in [1.807, 2.05) is 13.0 Å². The number of sulfone groups is 1. The van der Waals surface area contributed by atoms with Crippen LogP contribution in [0.5, 0.6) is 0 Å². The molecule has 4 heterocycles. The summed E-state index contributed by atoms with van der Waals surface area (Å²) in [7, 11) is -3.87. The maximum Gasteiger partial charge on any atom is 0.420 e. The molecule has 2 aromatic heterocycles. The lowest BCUT2D eigenvalue weighted by Crippen LogP contribution is -2.44. The second-order valence-electron chi connectivity index (χ2n) is 10.3. The van der Waals surface area contributed by atoms with E-state index in [-0.39, 0.29) is 38.9 Å². The van der Waals surface area contributed by atoms with Crippen molar-refractivity contribution in [2.75, 3.05) is 24.2 Å². The number of aryl methyl sites for hydroxylation is 1.